The van der Waals surface area contributed by atoms with Gasteiger partial charge in [-0.25, -0.2) is 0 Å². The standard InChI is InChI=1S/C21H28O5/c1-18-7-5-13(23)9-12(18)3-4-15-14-6-8-20(25,16(24)11-22)19(14,2)10-17-21(15,18)26-17/h9,14-15,17,22,25H,3-8,10-11H2,1-2H3/t14?,15?,17?,18-,19-,20-,21+/m0/s1. The highest BCUT2D eigenvalue weighted by molar-refractivity contribution is 5.92. The molecule has 5 aliphatic rings. The molecule has 4 aliphatic carbocycles. The van der Waals surface area contributed by atoms with E-state index in [0.717, 1.165) is 25.7 Å². The van der Waals surface area contributed by atoms with Crippen LogP contribution in [0.1, 0.15) is 58.8 Å². The number of ether oxygens (including phenoxy) is 1. The van der Waals surface area contributed by atoms with E-state index < -0.39 is 23.4 Å². The number of carbonyl (C=O) groups is 2. The molecule has 1 aliphatic heterocycles. The van der Waals surface area contributed by atoms with Crippen LogP contribution in [0.5, 0.6) is 0 Å². The van der Waals surface area contributed by atoms with Crippen molar-refractivity contribution < 1.29 is 24.5 Å². The van der Waals surface area contributed by atoms with Crippen molar-refractivity contribution in [1.29, 1.82) is 0 Å². The molecule has 0 aromatic rings. The molecule has 0 aromatic heterocycles. The Morgan fingerprint density at radius 1 is 1.23 bits per heavy atom. The van der Waals surface area contributed by atoms with Crippen molar-refractivity contribution >= 4 is 11.6 Å². The molecule has 5 rings (SSSR count). The third-order valence-corrected chi connectivity index (χ3v) is 9.09. The Morgan fingerprint density at radius 2 is 2.00 bits per heavy atom. The Bertz CT molecular complexity index is 743. The molecule has 5 heteroatoms. The zero-order valence-electron chi connectivity index (χ0n) is 15.6. The van der Waals surface area contributed by atoms with Crippen molar-refractivity contribution in [3.8, 4) is 0 Å². The Morgan fingerprint density at radius 3 is 2.73 bits per heavy atom. The first-order chi connectivity index (χ1) is 12.2. The van der Waals surface area contributed by atoms with Crippen molar-refractivity contribution in [1.82, 2.24) is 0 Å². The van der Waals surface area contributed by atoms with Gasteiger partial charge in [0.15, 0.2) is 11.6 Å². The maximum atomic E-state index is 12.4. The lowest BCUT2D eigenvalue weighted by Crippen LogP contribution is -2.61. The third kappa shape index (κ3) is 1.65. The van der Waals surface area contributed by atoms with Gasteiger partial charge in [0.05, 0.1) is 6.10 Å². The zero-order valence-corrected chi connectivity index (χ0v) is 15.6. The molecule has 7 atom stereocenters. The lowest BCUT2D eigenvalue weighted by Gasteiger charge is -2.56. The van der Waals surface area contributed by atoms with Gasteiger partial charge in [-0.3, -0.25) is 9.59 Å². The van der Waals surface area contributed by atoms with Gasteiger partial charge < -0.3 is 14.9 Å². The summed E-state index contributed by atoms with van der Waals surface area (Å²) in [5, 5.41) is 20.7. The normalized spacial score (nSPS) is 54.5. The van der Waals surface area contributed by atoms with Gasteiger partial charge in [0.2, 0.25) is 0 Å². The van der Waals surface area contributed by atoms with Gasteiger partial charge in [-0.1, -0.05) is 19.4 Å². The molecule has 1 saturated heterocycles. The van der Waals surface area contributed by atoms with Crippen LogP contribution < -0.4 is 0 Å². The van der Waals surface area contributed by atoms with Crippen molar-refractivity contribution in [2.75, 3.05) is 6.61 Å². The van der Waals surface area contributed by atoms with Crippen LogP contribution in [0, 0.1) is 22.7 Å². The van der Waals surface area contributed by atoms with Gasteiger partial charge in [-0.05, 0) is 56.4 Å². The summed E-state index contributed by atoms with van der Waals surface area (Å²) in [5.74, 6) is 0.315. The Balaban J connectivity index is 1.57. The molecule has 0 radical (unpaired) electrons. The summed E-state index contributed by atoms with van der Waals surface area (Å²) in [4.78, 5) is 24.4. The van der Waals surface area contributed by atoms with Crippen LogP contribution in [0.15, 0.2) is 11.6 Å². The predicted octanol–water partition coefficient (Wildman–Crippen LogP) is 1.94. The molecular formula is C21H28O5. The molecule has 5 nitrogen and oxygen atoms in total. The van der Waals surface area contributed by atoms with Gasteiger partial charge in [-0.15, -0.1) is 0 Å². The number of ketones is 2. The van der Waals surface area contributed by atoms with E-state index in [0.29, 0.717) is 25.2 Å². The minimum atomic E-state index is -1.44. The van der Waals surface area contributed by atoms with E-state index in [4.69, 9.17) is 4.74 Å². The molecule has 0 bridgehead atoms. The molecule has 1 heterocycles. The summed E-state index contributed by atoms with van der Waals surface area (Å²) in [6, 6.07) is 0. The Hall–Kier alpha value is -1.04. The number of epoxide rings is 1. The van der Waals surface area contributed by atoms with Gasteiger partial charge in [0.1, 0.15) is 17.8 Å². The number of fused-ring (bicyclic) bond motifs is 3. The molecule has 1 spiro atoms. The van der Waals surface area contributed by atoms with E-state index in [1.54, 1.807) is 0 Å². The smallest absolute Gasteiger partial charge is 0.190 e. The molecule has 2 N–H and O–H groups in total. The van der Waals surface area contributed by atoms with E-state index >= 15 is 0 Å². The Labute approximate surface area is 153 Å². The van der Waals surface area contributed by atoms with Crippen LogP contribution in [-0.2, 0) is 14.3 Å². The highest BCUT2D eigenvalue weighted by Crippen LogP contribution is 2.76. The van der Waals surface area contributed by atoms with Gasteiger partial charge in [0, 0.05) is 17.3 Å². The lowest BCUT2D eigenvalue weighted by atomic mass is 9.46. The number of hydrogen-bond acceptors (Lipinski definition) is 5. The first-order valence-corrected chi connectivity index (χ1v) is 10.0. The summed E-state index contributed by atoms with van der Waals surface area (Å²) in [6.45, 7) is 3.69. The van der Waals surface area contributed by atoms with Gasteiger partial charge in [0.25, 0.3) is 0 Å². The topological polar surface area (TPSA) is 87.1 Å². The summed E-state index contributed by atoms with van der Waals surface area (Å²) in [7, 11) is 0. The fraction of sp³-hybridized carbons (Fsp3) is 0.810. The average Bonchev–Trinajstić information content (AvgIpc) is 3.27. The second-order valence-electron chi connectivity index (χ2n) is 9.72. The fourth-order valence-corrected chi connectivity index (χ4v) is 7.61. The van der Waals surface area contributed by atoms with Gasteiger partial charge in [-0.2, -0.15) is 0 Å². The van der Waals surface area contributed by atoms with Crippen LogP contribution in [-0.4, -0.2) is 45.7 Å². The number of carbonyl (C=O) groups excluding carboxylic acids is 2. The molecule has 3 saturated carbocycles. The molecule has 0 aromatic carbocycles. The second kappa shape index (κ2) is 4.86. The predicted molar refractivity (Wildman–Crippen MR) is 93.2 cm³/mol. The summed E-state index contributed by atoms with van der Waals surface area (Å²) < 4.78 is 6.45. The van der Waals surface area contributed by atoms with Crippen molar-refractivity contribution in [2.45, 2.75) is 76.1 Å². The minimum Gasteiger partial charge on any atom is -0.388 e. The molecule has 3 unspecified atom stereocenters. The van der Waals surface area contributed by atoms with Crippen LogP contribution in [0.3, 0.4) is 0 Å². The molecule has 26 heavy (non-hydrogen) atoms. The van der Waals surface area contributed by atoms with E-state index in [2.05, 4.69) is 6.92 Å². The van der Waals surface area contributed by atoms with Crippen LogP contribution >= 0.6 is 0 Å². The van der Waals surface area contributed by atoms with Gasteiger partial charge >= 0.3 is 0 Å². The number of hydrogen-bond donors (Lipinski definition) is 2. The first kappa shape index (κ1) is 17.1. The highest BCUT2D eigenvalue weighted by Gasteiger charge is 2.81. The number of aliphatic hydroxyl groups is 2. The second-order valence-corrected chi connectivity index (χ2v) is 9.72. The first-order valence-electron chi connectivity index (χ1n) is 10.0. The lowest BCUT2D eigenvalue weighted by molar-refractivity contribution is -0.160. The zero-order chi connectivity index (χ0) is 18.5. The maximum absolute atomic E-state index is 12.4. The monoisotopic (exact) mass is 360 g/mol. The van der Waals surface area contributed by atoms with Crippen molar-refractivity contribution in [3.05, 3.63) is 11.6 Å². The highest BCUT2D eigenvalue weighted by atomic mass is 16.6. The number of rotatable bonds is 2. The van der Waals surface area contributed by atoms with E-state index in [1.807, 2.05) is 13.0 Å². The quantitative estimate of drug-likeness (QED) is 0.735. The largest absolute Gasteiger partial charge is 0.388 e. The third-order valence-electron chi connectivity index (χ3n) is 9.09. The van der Waals surface area contributed by atoms with Crippen LogP contribution in [0.2, 0.25) is 0 Å². The molecular weight excluding hydrogens is 332 g/mol. The van der Waals surface area contributed by atoms with Crippen LogP contribution in [0.25, 0.3) is 0 Å². The van der Waals surface area contributed by atoms with Crippen LogP contribution in [0.4, 0.5) is 0 Å². The Kier molecular flexibility index (Phi) is 3.20. The summed E-state index contributed by atoms with van der Waals surface area (Å²) in [5.41, 5.74) is -1.06. The number of aliphatic hydroxyl groups excluding tert-OH is 1. The maximum Gasteiger partial charge on any atom is 0.190 e. The average molecular weight is 360 g/mol. The molecule has 142 valence electrons. The van der Waals surface area contributed by atoms with Crippen molar-refractivity contribution in [2.24, 2.45) is 22.7 Å². The molecule has 4 fully saturated rings. The van der Waals surface area contributed by atoms with E-state index in [1.165, 1.54) is 5.57 Å². The van der Waals surface area contributed by atoms with E-state index in [-0.39, 0.29) is 28.8 Å². The minimum absolute atomic E-state index is 0.0340. The summed E-state index contributed by atoms with van der Waals surface area (Å²) >= 11 is 0. The van der Waals surface area contributed by atoms with Crippen molar-refractivity contribution in [3.63, 3.8) is 0 Å². The SMILES string of the molecule is C[C@]12CCC(=O)C=C1CCC1C3CC[C@](O)(C(=O)CO)[C@@]3(C)CC3O[C@@]312. The van der Waals surface area contributed by atoms with E-state index in [9.17, 15) is 19.8 Å². The molecule has 0 amide bonds. The number of Topliss-reactive ketones (excluding diaryl/α,β-unsaturated/α-hetero) is 1. The summed E-state index contributed by atoms with van der Waals surface area (Å²) in [6.07, 6.45) is 7.08. The fourth-order valence-electron chi connectivity index (χ4n) is 7.61.